The highest BCUT2D eigenvalue weighted by Gasteiger charge is 2.26. The number of rotatable bonds is 7. The van der Waals surface area contributed by atoms with Crippen LogP contribution in [0.15, 0.2) is 36.3 Å². The third-order valence-electron chi connectivity index (χ3n) is 2.76. The minimum Gasteiger partial charge on any atom is -0.547 e. The van der Waals surface area contributed by atoms with Crippen LogP contribution in [0.5, 0.6) is 0 Å². The third kappa shape index (κ3) is 7.29. The summed E-state index contributed by atoms with van der Waals surface area (Å²) in [4.78, 5) is 11.8. The van der Waals surface area contributed by atoms with E-state index < -0.39 is 8.32 Å². The molecule has 0 radical (unpaired) electrons. The van der Waals surface area contributed by atoms with Gasteiger partial charge >= 0.3 is 0 Å². The molecule has 0 aliphatic carbocycles. The molecular weight excluding hydrogens is 284 g/mol. The molecule has 0 fully saturated rings. The van der Waals surface area contributed by atoms with Gasteiger partial charge in [0.05, 0.1) is 31.3 Å². The Bertz CT molecular complexity index is 432. The first-order valence-corrected chi connectivity index (χ1v) is 10.6. The van der Waals surface area contributed by atoms with Gasteiger partial charge in [-0.1, -0.05) is 12.2 Å². The maximum Gasteiger partial charge on any atom is 0.241 e. The Kier molecular flexibility index (Phi) is 6.91. The Hall–Kier alpha value is -1.33. The summed E-state index contributed by atoms with van der Waals surface area (Å²) in [5.74, 6) is 0.920. The number of carbonyl (C=O) groups excluding carboxylic acids is 1. The highest BCUT2D eigenvalue weighted by molar-refractivity contribution is 6.70. The molecule has 2 unspecified atom stereocenters. The van der Waals surface area contributed by atoms with Crippen LogP contribution in [0.25, 0.3) is 0 Å². The van der Waals surface area contributed by atoms with Crippen molar-refractivity contribution in [2.75, 3.05) is 7.11 Å². The summed E-state index contributed by atoms with van der Waals surface area (Å²) in [6.07, 6.45) is 9.47. The van der Waals surface area contributed by atoms with Crippen molar-refractivity contribution in [2.45, 2.75) is 51.6 Å². The Balaban J connectivity index is 2.77. The van der Waals surface area contributed by atoms with Gasteiger partial charge in [-0.2, -0.15) is 0 Å². The summed E-state index contributed by atoms with van der Waals surface area (Å²) in [5.41, 5.74) is 0. The average molecular weight is 310 g/mol. The molecule has 0 spiro atoms. The standard InChI is InChI=1S/C16H26O4Si/c1-6-7-14-11-16(20-21(3,4)5)12-15(19-14)10-13(17)8-9-18-2/h6-9,12,14-15H,10-11H2,1-5H3/b7-6+,9-8+. The minimum absolute atomic E-state index is 0.0217. The van der Waals surface area contributed by atoms with Gasteiger partial charge in [-0.15, -0.1) is 0 Å². The van der Waals surface area contributed by atoms with Crippen LogP contribution >= 0.6 is 0 Å². The molecule has 21 heavy (non-hydrogen) atoms. The van der Waals surface area contributed by atoms with Crippen molar-refractivity contribution in [3.8, 4) is 0 Å². The Labute approximate surface area is 128 Å². The number of ketones is 1. The fourth-order valence-corrected chi connectivity index (χ4v) is 3.04. The molecule has 0 bridgehead atoms. The van der Waals surface area contributed by atoms with Crippen molar-refractivity contribution in [3.63, 3.8) is 0 Å². The van der Waals surface area contributed by atoms with Crippen molar-refractivity contribution < 1.29 is 18.7 Å². The Morgan fingerprint density at radius 3 is 2.76 bits per heavy atom. The van der Waals surface area contributed by atoms with Crippen molar-refractivity contribution in [3.05, 3.63) is 36.3 Å². The van der Waals surface area contributed by atoms with E-state index in [0.717, 1.165) is 12.2 Å². The molecule has 0 N–H and O–H groups in total. The number of ether oxygens (including phenoxy) is 2. The van der Waals surface area contributed by atoms with E-state index in [1.165, 1.54) is 19.4 Å². The van der Waals surface area contributed by atoms with Gasteiger partial charge in [0, 0.05) is 18.9 Å². The highest BCUT2D eigenvalue weighted by atomic mass is 28.4. The SMILES string of the molecule is C/C=C/C1CC(O[Si](C)(C)C)=CC(CC(=O)/C=C/OC)O1. The van der Waals surface area contributed by atoms with Crippen LogP contribution in [0.3, 0.4) is 0 Å². The number of hydrogen-bond donors (Lipinski definition) is 0. The monoisotopic (exact) mass is 310 g/mol. The van der Waals surface area contributed by atoms with E-state index in [1.807, 2.05) is 25.2 Å². The summed E-state index contributed by atoms with van der Waals surface area (Å²) in [5, 5.41) is 0. The summed E-state index contributed by atoms with van der Waals surface area (Å²) in [7, 11) is -0.138. The average Bonchev–Trinajstić information content (AvgIpc) is 2.34. The summed E-state index contributed by atoms with van der Waals surface area (Å²) < 4.78 is 16.7. The van der Waals surface area contributed by atoms with Crippen LogP contribution in [0.2, 0.25) is 19.6 Å². The largest absolute Gasteiger partial charge is 0.547 e. The number of hydrogen-bond acceptors (Lipinski definition) is 4. The molecule has 5 heteroatoms. The first-order chi connectivity index (χ1) is 9.84. The van der Waals surface area contributed by atoms with E-state index in [1.54, 1.807) is 0 Å². The van der Waals surface area contributed by atoms with E-state index in [0.29, 0.717) is 6.42 Å². The van der Waals surface area contributed by atoms with Gasteiger partial charge in [0.25, 0.3) is 0 Å². The van der Waals surface area contributed by atoms with Crippen molar-refractivity contribution in [2.24, 2.45) is 0 Å². The van der Waals surface area contributed by atoms with Gasteiger partial charge in [0.15, 0.2) is 5.78 Å². The topological polar surface area (TPSA) is 44.8 Å². The Morgan fingerprint density at radius 2 is 2.19 bits per heavy atom. The fourth-order valence-electron chi connectivity index (χ4n) is 2.10. The van der Waals surface area contributed by atoms with E-state index >= 15 is 0 Å². The van der Waals surface area contributed by atoms with E-state index in [2.05, 4.69) is 19.6 Å². The lowest BCUT2D eigenvalue weighted by molar-refractivity contribution is -0.117. The molecule has 118 valence electrons. The maximum atomic E-state index is 11.8. The van der Waals surface area contributed by atoms with Gasteiger partial charge in [-0.3, -0.25) is 4.79 Å². The molecule has 1 heterocycles. The van der Waals surface area contributed by atoms with Crippen molar-refractivity contribution >= 4 is 14.1 Å². The molecule has 0 aromatic carbocycles. The fraction of sp³-hybridized carbons (Fsp3) is 0.562. The molecule has 0 aromatic rings. The van der Waals surface area contributed by atoms with Crippen molar-refractivity contribution in [1.82, 2.24) is 0 Å². The molecule has 4 nitrogen and oxygen atoms in total. The summed E-state index contributed by atoms with van der Waals surface area (Å²) >= 11 is 0. The molecule has 1 aliphatic heterocycles. The maximum absolute atomic E-state index is 11.8. The second kappa shape index (κ2) is 8.19. The lowest BCUT2D eigenvalue weighted by Crippen LogP contribution is -2.32. The molecule has 1 rings (SSSR count). The summed E-state index contributed by atoms with van der Waals surface area (Å²) in [6.45, 7) is 8.41. The molecule has 1 aliphatic rings. The van der Waals surface area contributed by atoms with Crippen molar-refractivity contribution in [1.29, 1.82) is 0 Å². The third-order valence-corrected chi connectivity index (χ3v) is 3.64. The zero-order valence-corrected chi connectivity index (χ0v) is 14.6. The van der Waals surface area contributed by atoms with Gasteiger partial charge < -0.3 is 13.9 Å². The highest BCUT2D eigenvalue weighted by Crippen LogP contribution is 2.25. The van der Waals surface area contributed by atoms with Gasteiger partial charge in [0.1, 0.15) is 0 Å². The van der Waals surface area contributed by atoms with E-state index in [9.17, 15) is 4.79 Å². The van der Waals surface area contributed by atoms with Gasteiger partial charge in [-0.05, 0) is 32.6 Å². The predicted octanol–water partition coefficient (Wildman–Crippen LogP) is 3.57. The van der Waals surface area contributed by atoms with E-state index in [-0.39, 0.29) is 18.0 Å². The van der Waals surface area contributed by atoms with Crippen LogP contribution < -0.4 is 0 Å². The number of methoxy groups -OCH3 is 1. The van der Waals surface area contributed by atoms with Gasteiger partial charge in [0.2, 0.25) is 8.32 Å². The normalized spacial score (nSPS) is 23.4. The molecular formula is C16H26O4Si. The van der Waals surface area contributed by atoms with E-state index in [4.69, 9.17) is 13.9 Å². The Morgan fingerprint density at radius 1 is 1.48 bits per heavy atom. The zero-order valence-electron chi connectivity index (χ0n) is 13.6. The minimum atomic E-state index is -1.65. The number of carbonyl (C=O) groups is 1. The molecule has 0 saturated carbocycles. The van der Waals surface area contributed by atoms with Crippen LogP contribution in [-0.4, -0.2) is 33.4 Å². The quantitative estimate of drug-likeness (QED) is 0.312. The van der Waals surface area contributed by atoms with Crippen LogP contribution in [0.4, 0.5) is 0 Å². The first kappa shape index (κ1) is 17.7. The molecule has 0 amide bonds. The van der Waals surface area contributed by atoms with Gasteiger partial charge in [-0.25, -0.2) is 0 Å². The summed E-state index contributed by atoms with van der Waals surface area (Å²) in [6, 6.07) is 0. The lowest BCUT2D eigenvalue weighted by Gasteiger charge is -2.31. The smallest absolute Gasteiger partial charge is 0.241 e. The zero-order chi connectivity index (χ0) is 15.9. The molecule has 0 aromatic heterocycles. The number of allylic oxidation sites excluding steroid dienone is 2. The van der Waals surface area contributed by atoms with Crippen LogP contribution in [-0.2, 0) is 18.7 Å². The van der Waals surface area contributed by atoms with Crippen LogP contribution in [0.1, 0.15) is 19.8 Å². The molecule has 2 atom stereocenters. The second-order valence-corrected chi connectivity index (χ2v) is 10.4. The second-order valence-electron chi connectivity index (χ2n) is 6.00. The predicted molar refractivity (Wildman–Crippen MR) is 86.4 cm³/mol. The first-order valence-electron chi connectivity index (χ1n) is 7.24. The lowest BCUT2D eigenvalue weighted by atomic mass is 10.1. The van der Waals surface area contributed by atoms with Crippen LogP contribution in [0, 0.1) is 0 Å². The molecule has 0 saturated heterocycles.